The number of anilines is 1. The minimum Gasteiger partial charge on any atom is -0.474 e. The summed E-state index contributed by atoms with van der Waals surface area (Å²) in [6.45, 7) is 3.62. The third-order valence-electron chi connectivity index (χ3n) is 4.97. The van der Waals surface area contributed by atoms with Crippen LogP contribution in [0.25, 0.3) is 0 Å². The molecule has 2 aromatic carbocycles. The van der Waals surface area contributed by atoms with Crippen molar-refractivity contribution < 1.29 is 32.4 Å². The van der Waals surface area contributed by atoms with Crippen LogP contribution in [0.1, 0.15) is 24.2 Å². The average molecular weight is 477 g/mol. The van der Waals surface area contributed by atoms with Gasteiger partial charge in [0.15, 0.2) is 17.6 Å². The van der Waals surface area contributed by atoms with Crippen LogP contribution in [0, 0.1) is 10.1 Å². The van der Waals surface area contributed by atoms with Crippen molar-refractivity contribution >= 4 is 33.1 Å². The molecular weight excluding hydrogens is 454 g/mol. The molecule has 0 radical (unpaired) electrons. The molecule has 0 aromatic heterocycles. The Labute approximate surface area is 190 Å². The predicted octanol–water partition coefficient (Wildman–Crippen LogP) is 2.22. The van der Waals surface area contributed by atoms with E-state index in [1.165, 1.54) is 24.2 Å². The molecule has 0 bridgehead atoms. The lowest BCUT2D eigenvalue weighted by Crippen LogP contribution is -2.40. The number of sulfonamides is 1. The molecule has 12 heteroatoms. The number of ether oxygens (including phenoxy) is 2. The van der Waals surface area contributed by atoms with Crippen LogP contribution in [0.2, 0.25) is 0 Å². The van der Waals surface area contributed by atoms with Gasteiger partial charge in [0.2, 0.25) is 10.0 Å². The molecule has 176 valence electrons. The third kappa shape index (κ3) is 5.72. The Morgan fingerprint density at radius 2 is 1.79 bits per heavy atom. The highest BCUT2D eigenvalue weighted by Crippen LogP contribution is 2.32. The Balaban J connectivity index is 1.76. The van der Waals surface area contributed by atoms with Gasteiger partial charge in [-0.05, 0) is 50.2 Å². The summed E-state index contributed by atoms with van der Waals surface area (Å²) in [5.41, 5.74) is 0.330. The number of nitro benzene ring substituents is 1. The number of hydrogen-bond donors (Lipinski definition) is 1. The zero-order valence-corrected chi connectivity index (χ0v) is 18.8. The van der Waals surface area contributed by atoms with Crippen LogP contribution in [-0.4, -0.2) is 61.7 Å². The Morgan fingerprint density at radius 1 is 1.15 bits per heavy atom. The molecule has 1 unspecified atom stereocenters. The minimum absolute atomic E-state index is 0.115. The fraction of sp³-hybridized carbons (Fsp3) is 0.333. The van der Waals surface area contributed by atoms with Crippen LogP contribution in [0.15, 0.2) is 47.4 Å². The maximum absolute atomic E-state index is 12.8. The molecule has 1 atom stereocenters. The predicted molar refractivity (Wildman–Crippen MR) is 118 cm³/mol. The molecule has 33 heavy (non-hydrogen) atoms. The van der Waals surface area contributed by atoms with Crippen molar-refractivity contribution in [1.82, 2.24) is 4.31 Å². The van der Waals surface area contributed by atoms with Crippen molar-refractivity contribution in [2.45, 2.75) is 24.8 Å². The molecule has 0 aliphatic carbocycles. The number of nitro groups is 1. The van der Waals surface area contributed by atoms with E-state index in [0.29, 0.717) is 11.3 Å². The lowest BCUT2D eigenvalue weighted by molar-refractivity contribution is -0.386. The van der Waals surface area contributed by atoms with E-state index < -0.39 is 32.6 Å². The van der Waals surface area contributed by atoms with Gasteiger partial charge in [0.25, 0.3) is 5.91 Å². The fourth-order valence-corrected chi connectivity index (χ4v) is 4.54. The Kier molecular flexibility index (Phi) is 7.41. The number of benzene rings is 2. The van der Waals surface area contributed by atoms with Gasteiger partial charge in [-0.1, -0.05) is 0 Å². The van der Waals surface area contributed by atoms with Crippen LogP contribution in [0.4, 0.5) is 11.4 Å². The second kappa shape index (κ2) is 10.1. The monoisotopic (exact) mass is 477 g/mol. The topological polar surface area (TPSA) is 145 Å². The number of nitrogens with one attached hydrogen (secondary N) is 1. The molecule has 0 spiro atoms. The maximum Gasteiger partial charge on any atom is 0.312 e. The normalized spacial score (nSPS) is 15.5. The molecule has 2 aromatic rings. The van der Waals surface area contributed by atoms with Crippen molar-refractivity contribution in [3.05, 3.63) is 58.1 Å². The standard InChI is InChI=1S/C21H23N3O8S/c1-14(25)16-3-5-17(6-4-16)22-21(26)15(2)32-20-8-7-18(13-19(20)24(27)28)33(29,30)23-9-11-31-12-10-23/h3-8,13,15H,9-12H2,1-2H3,(H,22,26). The highest BCUT2D eigenvalue weighted by Gasteiger charge is 2.30. The van der Waals surface area contributed by atoms with Gasteiger partial charge in [-0.25, -0.2) is 8.42 Å². The van der Waals surface area contributed by atoms with E-state index in [9.17, 15) is 28.1 Å². The van der Waals surface area contributed by atoms with Crippen molar-refractivity contribution in [1.29, 1.82) is 0 Å². The van der Waals surface area contributed by atoms with Gasteiger partial charge in [-0.3, -0.25) is 19.7 Å². The van der Waals surface area contributed by atoms with Crippen molar-refractivity contribution in [2.75, 3.05) is 31.6 Å². The van der Waals surface area contributed by atoms with E-state index in [1.54, 1.807) is 24.3 Å². The summed E-state index contributed by atoms with van der Waals surface area (Å²) in [5, 5.41) is 14.2. The van der Waals surface area contributed by atoms with E-state index in [1.807, 2.05) is 0 Å². The van der Waals surface area contributed by atoms with Gasteiger partial charge in [0, 0.05) is 30.4 Å². The summed E-state index contributed by atoms with van der Waals surface area (Å²) >= 11 is 0. The maximum atomic E-state index is 12.8. The summed E-state index contributed by atoms with van der Waals surface area (Å²) in [5.74, 6) is -0.934. The molecule has 1 amide bonds. The Hall–Kier alpha value is -3.35. The summed E-state index contributed by atoms with van der Waals surface area (Å²) in [4.78, 5) is 34.4. The lowest BCUT2D eigenvalue weighted by atomic mass is 10.1. The second-order valence-corrected chi connectivity index (χ2v) is 9.22. The van der Waals surface area contributed by atoms with E-state index in [4.69, 9.17) is 9.47 Å². The number of morpholine rings is 1. The molecule has 3 rings (SSSR count). The molecule has 1 N–H and O–H groups in total. The van der Waals surface area contributed by atoms with Crippen molar-refractivity contribution in [3.63, 3.8) is 0 Å². The third-order valence-corrected chi connectivity index (χ3v) is 6.86. The van der Waals surface area contributed by atoms with E-state index >= 15 is 0 Å². The Bertz CT molecular complexity index is 1160. The number of carbonyl (C=O) groups excluding carboxylic acids is 2. The summed E-state index contributed by atoms with van der Waals surface area (Å²) in [7, 11) is -3.94. The van der Waals surface area contributed by atoms with Crippen LogP contribution in [0.3, 0.4) is 0 Å². The first kappa shape index (κ1) is 24.3. The van der Waals surface area contributed by atoms with Crippen LogP contribution in [0.5, 0.6) is 5.75 Å². The minimum atomic E-state index is -3.94. The van der Waals surface area contributed by atoms with Crippen LogP contribution >= 0.6 is 0 Å². The molecule has 1 aliphatic heterocycles. The number of Topliss-reactive ketones (excluding diaryl/α,β-unsaturated/α-hetero) is 1. The largest absolute Gasteiger partial charge is 0.474 e. The zero-order chi connectivity index (χ0) is 24.2. The molecule has 1 heterocycles. The lowest BCUT2D eigenvalue weighted by Gasteiger charge is -2.26. The van der Waals surface area contributed by atoms with Crippen molar-refractivity contribution in [3.8, 4) is 5.75 Å². The van der Waals surface area contributed by atoms with E-state index in [-0.39, 0.29) is 42.7 Å². The second-order valence-electron chi connectivity index (χ2n) is 7.29. The number of ketones is 1. The van der Waals surface area contributed by atoms with Gasteiger partial charge < -0.3 is 14.8 Å². The summed E-state index contributed by atoms with van der Waals surface area (Å²) < 4.78 is 37.4. The van der Waals surface area contributed by atoms with E-state index in [2.05, 4.69) is 5.32 Å². The quantitative estimate of drug-likeness (QED) is 0.346. The van der Waals surface area contributed by atoms with Crippen LogP contribution in [-0.2, 0) is 19.6 Å². The number of hydrogen-bond acceptors (Lipinski definition) is 8. The van der Waals surface area contributed by atoms with E-state index in [0.717, 1.165) is 12.1 Å². The summed E-state index contributed by atoms with van der Waals surface area (Å²) in [6, 6.07) is 9.51. The number of rotatable bonds is 8. The zero-order valence-electron chi connectivity index (χ0n) is 18.0. The first-order chi connectivity index (χ1) is 15.6. The highest BCUT2D eigenvalue weighted by molar-refractivity contribution is 7.89. The SMILES string of the molecule is CC(=O)c1ccc(NC(=O)C(C)Oc2ccc(S(=O)(=O)N3CCOCC3)cc2[N+](=O)[O-])cc1. The molecule has 1 fully saturated rings. The molecule has 1 aliphatic rings. The first-order valence-corrected chi connectivity index (χ1v) is 11.5. The number of nitrogens with zero attached hydrogens (tertiary/aromatic N) is 2. The fourth-order valence-electron chi connectivity index (χ4n) is 3.11. The van der Waals surface area contributed by atoms with Gasteiger partial charge in [0.1, 0.15) is 0 Å². The number of carbonyl (C=O) groups is 2. The van der Waals surface area contributed by atoms with Crippen molar-refractivity contribution in [2.24, 2.45) is 0 Å². The van der Waals surface area contributed by atoms with Gasteiger partial charge in [0.05, 0.1) is 23.0 Å². The number of amides is 1. The Morgan fingerprint density at radius 3 is 2.36 bits per heavy atom. The molecule has 11 nitrogen and oxygen atoms in total. The van der Waals surface area contributed by atoms with Gasteiger partial charge in [-0.2, -0.15) is 4.31 Å². The summed E-state index contributed by atoms with van der Waals surface area (Å²) in [6.07, 6.45) is -1.13. The average Bonchev–Trinajstić information content (AvgIpc) is 2.80. The molecule has 1 saturated heterocycles. The first-order valence-electron chi connectivity index (χ1n) is 10.0. The highest BCUT2D eigenvalue weighted by atomic mass is 32.2. The molecule has 0 saturated carbocycles. The van der Waals surface area contributed by atoms with Gasteiger partial charge >= 0.3 is 5.69 Å². The molecular formula is C21H23N3O8S. The van der Waals surface area contributed by atoms with Crippen LogP contribution < -0.4 is 10.1 Å². The van der Waals surface area contributed by atoms with Gasteiger partial charge in [-0.15, -0.1) is 0 Å². The smallest absolute Gasteiger partial charge is 0.312 e.